The molecule has 0 heterocycles. The third kappa shape index (κ3) is 3.42. The topological polar surface area (TPSA) is 38.0 Å². The van der Waals surface area contributed by atoms with E-state index in [-0.39, 0.29) is 11.5 Å². The van der Waals surface area contributed by atoms with Gasteiger partial charge in [0.1, 0.15) is 5.82 Å². The van der Waals surface area contributed by atoms with Crippen molar-refractivity contribution in [1.82, 2.24) is 0 Å². The highest BCUT2D eigenvalue weighted by Gasteiger charge is 2.08. The number of nitrogen functional groups attached to an aromatic ring is 1. The first-order valence-electron chi connectivity index (χ1n) is 5.31. The Balaban J connectivity index is 2.68. The fourth-order valence-electron chi connectivity index (χ4n) is 1.69. The lowest BCUT2D eigenvalue weighted by molar-refractivity contribution is 0.539. The van der Waals surface area contributed by atoms with Gasteiger partial charge in [-0.25, -0.2) is 4.39 Å². The maximum Gasteiger partial charge on any atom is 0.148 e. The number of nitrogens with one attached hydrogen (secondary N) is 1. The molecule has 15 heavy (non-hydrogen) atoms. The van der Waals surface area contributed by atoms with Crippen LogP contribution in [-0.2, 0) is 0 Å². The smallest absolute Gasteiger partial charge is 0.148 e. The third-order valence-electron chi connectivity index (χ3n) is 2.28. The van der Waals surface area contributed by atoms with Crippen molar-refractivity contribution in [2.24, 2.45) is 5.92 Å². The van der Waals surface area contributed by atoms with E-state index >= 15 is 0 Å². The summed E-state index contributed by atoms with van der Waals surface area (Å²) in [5.74, 6) is 0.249. The van der Waals surface area contributed by atoms with Gasteiger partial charge in [-0.15, -0.1) is 0 Å². The van der Waals surface area contributed by atoms with E-state index in [9.17, 15) is 4.39 Å². The molecular weight excluding hydrogens is 191 g/mol. The van der Waals surface area contributed by atoms with E-state index < -0.39 is 0 Å². The second-order valence-electron chi connectivity index (χ2n) is 4.38. The van der Waals surface area contributed by atoms with Gasteiger partial charge < -0.3 is 11.1 Å². The number of rotatable bonds is 4. The van der Waals surface area contributed by atoms with Crippen LogP contribution in [0.3, 0.4) is 0 Å². The summed E-state index contributed by atoms with van der Waals surface area (Å²) in [4.78, 5) is 0. The Labute approximate surface area is 90.7 Å². The highest BCUT2D eigenvalue weighted by atomic mass is 19.1. The third-order valence-corrected chi connectivity index (χ3v) is 2.28. The number of anilines is 2. The molecule has 0 aliphatic carbocycles. The molecule has 84 valence electrons. The number of hydrogen-bond acceptors (Lipinski definition) is 2. The predicted octanol–water partition coefficient (Wildman–Crippen LogP) is 3.25. The van der Waals surface area contributed by atoms with Gasteiger partial charge in [-0.1, -0.05) is 19.9 Å². The standard InChI is InChI=1S/C12H19FN2/c1-8(2)7-9(3)15-11-6-4-5-10(13)12(11)14/h4-6,8-9,15H,7,14H2,1-3H3. The molecule has 1 rings (SSSR count). The first kappa shape index (κ1) is 11.8. The predicted molar refractivity (Wildman–Crippen MR) is 63.4 cm³/mol. The van der Waals surface area contributed by atoms with E-state index in [2.05, 4.69) is 26.1 Å². The second kappa shape index (κ2) is 5.01. The van der Waals surface area contributed by atoms with E-state index in [0.717, 1.165) is 6.42 Å². The summed E-state index contributed by atoms with van der Waals surface area (Å²) in [6, 6.07) is 5.13. The van der Waals surface area contributed by atoms with Gasteiger partial charge in [0, 0.05) is 6.04 Å². The van der Waals surface area contributed by atoms with Crippen LogP contribution in [-0.4, -0.2) is 6.04 Å². The van der Waals surface area contributed by atoms with E-state index in [0.29, 0.717) is 17.6 Å². The van der Waals surface area contributed by atoms with Crippen molar-refractivity contribution in [1.29, 1.82) is 0 Å². The van der Waals surface area contributed by atoms with Crippen LogP contribution in [0.1, 0.15) is 27.2 Å². The van der Waals surface area contributed by atoms with Gasteiger partial charge in [0.25, 0.3) is 0 Å². The molecule has 0 radical (unpaired) electrons. The second-order valence-corrected chi connectivity index (χ2v) is 4.38. The summed E-state index contributed by atoms with van der Waals surface area (Å²) in [5, 5.41) is 3.22. The van der Waals surface area contributed by atoms with Crippen LogP contribution in [0.25, 0.3) is 0 Å². The number of hydrogen-bond donors (Lipinski definition) is 2. The van der Waals surface area contributed by atoms with Crippen molar-refractivity contribution in [3.8, 4) is 0 Å². The average Bonchev–Trinajstić information content (AvgIpc) is 2.11. The van der Waals surface area contributed by atoms with Gasteiger partial charge in [-0.2, -0.15) is 0 Å². The fraction of sp³-hybridized carbons (Fsp3) is 0.500. The Morgan fingerprint density at radius 1 is 1.33 bits per heavy atom. The number of benzene rings is 1. The number of para-hydroxylation sites is 1. The van der Waals surface area contributed by atoms with Gasteiger partial charge >= 0.3 is 0 Å². The van der Waals surface area contributed by atoms with Crippen molar-refractivity contribution in [2.75, 3.05) is 11.1 Å². The SMILES string of the molecule is CC(C)CC(C)Nc1cccc(F)c1N. The van der Waals surface area contributed by atoms with E-state index in [1.54, 1.807) is 12.1 Å². The highest BCUT2D eigenvalue weighted by molar-refractivity contribution is 5.66. The minimum atomic E-state index is -0.364. The molecule has 0 fully saturated rings. The van der Waals surface area contributed by atoms with Gasteiger partial charge in [0.15, 0.2) is 0 Å². The van der Waals surface area contributed by atoms with Gasteiger partial charge in [0.2, 0.25) is 0 Å². The fourth-order valence-corrected chi connectivity index (χ4v) is 1.69. The molecule has 1 aromatic rings. The maximum absolute atomic E-state index is 13.1. The van der Waals surface area contributed by atoms with Crippen LogP contribution in [0.4, 0.5) is 15.8 Å². The summed E-state index contributed by atoms with van der Waals surface area (Å²) < 4.78 is 13.1. The number of nitrogens with two attached hydrogens (primary N) is 1. The Hall–Kier alpha value is -1.25. The normalized spacial score (nSPS) is 12.9. The Morgan fingerprint density at radius 3 is 2.60 bits per heavy atom. The maximum atomic E-state index is 13.1. The largest absolute Gasteiger partial charge is 0.395 e. The van der Waals surface area contributed by atoms with E-state index in [4.69, 9.17) is 5.73 Å². The average molecular weight is 210 g/mol. The summed E-state index contributed by atoms with van der Waals surface area (Å²) in [7, 11) is 0. The molecule has 0 amide bonds. The van der Waals surface area contributed by atoms with Crippen LogP contribution in [0.2, 0.25) is 0 Å². The molecule has 0 saturated carbocycles. The lowest BCUT2D eigenvalue weighted by Gasteiger charge is -2.18. The minimum absolute atomic E-state index is 0.202. The van der Waals surface area contributed by atoms with Crippen molar-refractivity contribution in [3.63, 3.8) is 0 Å². The molecule has 1 unspecified atom stereocenters. The van der Waals surface area contributed by atoms with E-state index in [1.807, 2.05) is 0 Å². The Kier molecular flexibility index (Phi) is 3.95. The van der Waals surface area contributed by atoms with Crippen LogP contribution in [0.15, 0.2) is 18.2 Å². The lowest BCUT2D eigenvalue weighted by atomic mass is 10.0. The zero-order chi connectivity index (χ0) is 11.4. The van der Waals surface area contributed by atoms with Crippen molar-refractivity contribution >= 4 is 11.4 Å². The summed E-state index contributed by atoms with van der Waals surface area (Å²) in [6.07, 6.45) is 1.04. The van der Waals surface area contributed by atoms with Crippen molar-refractivity contribution < 1.29 is 4.39 Å². The molecule has 1 aromatic carbocycles. The van der Waals surface area contributed by atoms with Crippen LogP contribution < -0.4 is 11.1 Å². The molecular formula is C12H19FN2. The molecule has 0 saturated heterocycles. The van der Waals surface area contributed by atoms with Gasteiger partial charge in [-0.05, 0) is 31.4 Å². The Morgan fingerprint density at radius 2 is 2.00 bits per heavy atom. The monoisotopic (exact) mass is 210 g/mol. The zero-order valence-corrected chi connectivity index (χ0v) is 9.55. The molecule has 0 spiro atoms. The summed E-state index contributed by atoms with van der Waals surface area (Å²) >= 11 is 0. The number of halogens is 1. The van der Waals surface area contributed by atoms with Crippen LogP contribution in [0.5, 0.6) is 0 Å². The molecule has 3 N–H and O–H groups in total. The van der Waals surface area contributed by atoms with E-state index in [1.165, 1.54) is 6.07 Å². The molecule has 0 aliphatic rings. The van der Waals surface area contributed by atoms with Crippen LogP contribution in [0, 0.1) is 11.7 Å². The highest BCUT2D eigenvalue weighted by Crippen LogP contribution is 2.22. The first-order valence-corrected chi connectivity index (χ1v) is 5.31. The van der Waals surface area contributed by atoms with Gasteiger partial charge in [0.05, 0.1) is 11.4 Å². The molecule has 3 heteroatoms. The Bertz CT molecular complexity index is 323. The molecule has 1 atom stereocenters. The minimum Gasteiger partial charge on any atom is -0.395 e. The van der Waals surface area contributed by atoms with Crippen molar-refractivity contribution in [2.45, 2.75) is 33.2 Å². The first-order chi connectivity index (χ1) is 7.00. The molecule has 2 nitrogen and oxygen atoms in total. The molecule has 0 bridgehead atoms. The summed E-state index contributed by atoms with van der Waals surface area (Å²) in [5.41, 5.74) is 6.51. The molecule has 0 aromatic heterocycles. The molecule has 0 aliphatic heterocycles. The lowest BCUT2D eigenvalue weighted by Crippen LogP contribution is -2.18. The van der Waals surface area contributed by atoms with Gasteiger partial charge in [-0.3, -0.25) is 0 Å². The quantitative estimate of drug-likeness (QED) is 0.749. The summed E-state index contributed by atoms with van der Waals surface area (Å²) in [6.45, 7) is 6.39. The van der Waals surface area contributed by atoms with Crippen LogP contribution >= 0.6 is 0 Å². The van der Waals surface area contributed by atoms with Crippen molar-refractivity contribution in [3.05, 3.63) is 24.0 Å². The zero-order valence-electron chi connectivity index (χ0n) is 9.55.